The Morgan fingerprint density at radius 1 is 1.10 bits per heavy atom. The summed E-state index contributed by atoms with van der Waals surface area (Å²) >= 11 is 0. The lowest BCUT2D eigenvalue weighted by Gasteiger charge is -2.18. The number of aryl methyl sites for hydroxylation is 1. The highest BCUT2D eigenvalue weighted by atomic mass is 32.2. The highest BCUT2D eigenvalue weighted by Gasteiger charge is 2.18. The lowest BCUT2D eigenvalue weighted by molar-refractivity contribution is -0.116. The summed E-state index contributed by atoms with van der Waals surface area (Å²) in [5.74, 6) is -0.702. The summed E-state index contributed by atoms with van der Waals surface area (Å²) in [6, 6.07) is 11.2. The van der Waals surface area contributed by atoms with E-state index in [1.54, 1.807) is 0 Å². The molecular weight excluding hydrogens is 390 g/mol. The van der Waals surface area contributed by atoms with Gasteiger partial charge in [-0.15, -0.1) is 6.58 Å². The number of sulfonamides is 1. The minimum atomic E-state index is -3.66. The van der Waals surface area contributed by atoms with Gasteiger partial charge in [0.1, 0.15) is 0 Å². The summed E-state index contributed by atoms with van der Waals surface area (Å²) in [6.45, 7) is 7.32. The van der Waals surface area contributed by atoms with E-state index in [1.807, 2.05) is 32.0 Å². The van der Waals surface area contributed by atoms with Crippen LogP contribution < -0.4 is 10.0 Å². The standard InChI is InChI=1S/C21H25N3O4S/c1-5-13-22-29(27,28)18-11-9-17(10-12-18)21(26)24(4)14-20(25)23-19-8-6-7-15(2)16(19)3/h5-12,22H,1,13-14H2,2-4H3,(H,23,25). The van der Waals surface area contributed by atoms with Gasteiger partial charge in [0.25, 0.3) is 5.91 Å². The first-order valence-corrected chi connectivity index (χ1v) is 10.5. The van der Waals surface area contributed by atoms with E-state index >= 15 is 0 Å². The first-order valence-electron chi connectivity index (χ1n) is 8.98. The topological polar surface area (TPSA) is 95.6 Å². The van der Waals surface area contributed by atoms with Gasteiger partial charge < -0.3 is 10.2 Å². The molecule has 0 aliphatic heterocycles. The van der Waals surface area contributed by atoms with Gasteiger partial charge in [0.05, 0.1) is 11.4 Å². The zero-order chi connectivity index (χ0) is 21.6. The predicted octanol–water partition coefficient (Wildman–Crippen LogP) is 2.48. The maximum atomic E-state index is 12.6. The van der Waals surface area contributed by atoms with Crippen LogP contribution in [-0.2, 0) is 14.8 Å². The third-order valence-corrected chi connectivity index (χ3v) is 5.87. The molecule has 0 bridgehead atoms. The highest BCUT2D eigenvalue weighted by molar-refractivity contribution is 7.89. The smallest absolute Gasteiger partial charge is 0.254 e. The molecule has 2 aromatic carbocycles. The van der Waals surface area contributed by atoms with Crippen molar-refractivity contribution in [2.45, 2.75) is 18.7 Å². The first-order chi connectivity index (χ1) is 13.7. The molecule has 154 valence electrons. The van der Waals surface area contributed by atoms with E-state index in [1.165, 1.54) is 42.3 Å². The number of amides is 2. The summed E-state index contributed by atoms with van der Waals surface area (Å²) in [5, 5.41) is 2.81. The molecule has 0 aromatic heterocycles. The van der Waals surface area contributed by atoms with Crippen LogP contribution >= 0.6 is 0 Å². The van der Waals surface area contributed by atoms with Crippen LogP contribution in [-0.4, -0.2) is 45.3 Å². The molecule has 0 atom stereocenters. The van der Waals surface area contributed by atoms with E-state index in [0.717, 1.165) is 11.1 Å². The van der Waals surface area contributed by atoms with Gasteiger partial charge in [-0.1, -0.05) is 18.2 Å². The Morgan fingerprint density at radius 2 is 1.76 bits per heavy atom. The highest BCUT2D eigenvalue weighted by Crippen LogP contribution is 2.18. The minimum absolute atomic E-state index is 0.0474. The first kappa shape index (κ1) is 22.3. The summed E-state index contributed by atoms with van der Waals surface area (Å²) < 4.78 is 26.5. The molecule has 8 heteroatoms. The van der Waals surface area contributed by atoms with Gasteiger partial charge in [0.2, 0.25) is 15.9 Å². The van der Waals surface area contributed by atoms with Gasteiger partial charge in [0.15, 0.2) is 0 Å². The number of anilines is 1. The Hall–Kier alpha value is -2.97. The van der Waals surface area contributed by atoms with Crippen LogP contribution in [0.4, 0.5) is 5.69 Å². The van der Waals surface area contributed by atoms with Crippen molar-refractivity contribution in [3.8, 4) is 0 Å². The van der Waals surface area contributed by atoms with E-state index in [-0.39, 0.29) is 35.4 Å². The van der Waals surface area contributed by atoms with E-state index in [4.69, 9.17) is 0 Å². The Morgan fingerprint density at radius 3 is 2.38 bits per heavy atom. The van der Waals surface area contributed by atoms with E-state index in [9.17, 15) is 18.0 Å². The van der Waals surface area contributed by atoms with Crippen LogP contribution in [0, 0.1) is 13.8 Å². The molecule has 0 unspecified atom stereocenters. The average molecular weight is 416 g/mol. The van der Waals surface area contributed by atoms with Crippen molar-refractivity contribution >= 4 is 27.5 Å². The van der Waals surface area contributed by atoms with Gasteiger partial charge in [-0.2, -0.15) is 0 Å². The zero-order valence-electron chi connectivity index (χ0n) is 16.7. The van der Waals surface area contributed by atoms with Crippen molar-refractivity contribution in [2.75, 3.05) is 25.5 Å². The number of carbonyl (C=O) groups is 2. The van der Waals surface area contributed by atoms with Crippen LogP contribution in [0.5, 0.6) is 0 Å². The third kappa shape index (κ3) is 5.75. The molecule has 0 saturated heterocycles. The van der Waals surface area contributed by atoms with E-state index in [0.29, 0.717) is 5.69 Å². The summed E-state index contributed by atoms with van der Waals surface area (Å²) in [6.07, 6.45) is 1.44. The number of hydrogen-bond acceptors (Lipinski definition) is 4. The number of hydrogen-bond donors (Lipinski definition) is 2. The minimum Gasteiger partial charge on any atom is -0.332 e. The molecule has 0 fully saturated rings. The Labute approximate surface area is 171 Å². The molecular formula is C21H25N3O4S. The molecule has 0 heterocycles. The second kappa shape index (κ2) is 9.49. The normalized spacial score (nSPS) is 11.0. The molecule has 0 radical (unpaired) electrons. The predicted molar refractivity (Wildman–Crippen MR) is 113 cm³/mol. The fourth-order valence-electron chi connectivity index (χ4n) is 2.61. The number of carbonyl (C=O) groups excluding carboxylic acids is 2. The summed E-state index contributed by atoms with van der Waals surface area (Å²) in [7, 11) is -2.14. The second-order valence-corrected chi connectivity index (χ2v) is 8.39. The van der Waals surface area contributed by atoms with Crippen LogP contribution in [0.2, 0.25) is 0 Å². The number of rotatable bonds is 8. The number of nitrogens with zero attached hydrogens (tertiary/aromatic N) is 1. The molecule has 2 rings (SSSR count). The van der Waals surface area contributed by atoms with Gasteiger partial charge in [-0.05, 0) is 55.3 Å². The maximum Gasteiger partial charge on any atom is 0.254 e. The average Bonchev–Trinajstić information content (AvgIpc) is 2.69. The molecule has 0 saturated carbocycles. The van der Waals surface area contributed by atoms with Gasteiger partial charge in [0, 0.05) is 24.8 Å². The largest absolute Gasteiger partial charge is 0.332 e. The van der Waals surface area contributed by atoms with Crippen molar-refractivity contribution in [1.82, 2.24) is 9.62 Å². The third-order valence-electron chi connectivity index (χ3n) is 4.44. The van der Waals surface area contributed by atoms with Crippen molar-refractivity contribution in [2.24, 2.45) is 0 Å². The van der Waals surface area contributed by atoms with Gasteiger partial charge in [-0.25, -0.2) is 13.1 Å². The van der Waals surface area contributed by atoms with Crippen LogP contribution in [0.1, 0.15) is 21.5 Å². The quantitative estimate of drug-likeness (QED) is 0.648. The van der Waals surface area contributed by atoms with E-state index < -0.39 is 10.0 Å². The Balaban J connectivity index is 2.03. The van der Waals surface area contributed by atoms with Gasteiger partial charge in [-0.3, -0.25) is 9.59 Å². The van der Waals surface area contributed by atoms with Crippen LogP contribution in [0.15, 0.2) is 60.0 Å². The second-order valence-electron chi connectivity index (χ2n) is 6.62. The van der Waals surface area contributed by atoms with Crippen LogP contribution in [0.3, 0.4) is 0 Å². The Kier molecular flexibility index (Phi) is 7.30. The molecule has 29 heavy (non-hydrogen) atoms. The molecule has 0 aliphatic carbocycles. The van der Waals surface area contributed by atoms with Crippen LogP contribution in [0.25, 0.3) is 0 Å². The molecule has 7 nitrogen and oxygen atoms in total. The number of benzene rings is 2. The fraction of sp³-hybridized carbons (Fsp3) is 0.238. The van der Waals surface area contributed by atoms with E-state index in [2.05, 4.69) is 16.6 Å². The summed E-state index contributed by atoms with van der Waals surface area (Å²) in [5.41, 5.74) is 3.02. The number of nitrogens with one attached hydrogen (secondary N) is 2. The fourth-order valence-corrected chi connectivity index (χ4v) is 3.61. The monoisotopic (exact) mass is 415 g/mol. The van der Waals surface area contributed by atoms with Crippen molar-refractivity contribution < 1.29 is 18.0 Å². The lowest BCUT2D eigenvalue weighted by atomic mass is 10.1. The van der Waals surface area contributed by atoms with Crippen molar-refractivity contribution in [3.63, 3.8) is 0 Å². The molecule has 2 aromatic rings. The molecule has 2 N–H and O–H groups in total. The Bertz CT molecular complexity index is 1010. The maximum absolute atomic E-state index is 12.6. The summed E-state index contributed by atoms with van der Waals surface area (Å²) in [4.78, 5) is 26.2. The van der Waals surface area contributed by atoms with Crippen molar-refractivity contribution in [1.29, 1.82) is 0 Å². The van der Waals surface area contributed by atoms with Crippen molar-refractivity contribution in [3.05, 3.63) is 71.8 Å². The SMILES string of the molecule is C=CCNS(=O)(=O)c1ccc(C(=O)N(C)CC(=O)Nc2cccc(C)c2C)cc1. The number of likely N-dealkylation sites (N-methyl/N-ethyl adjacent to an activating group) is 1. The van der Waals surface area contributed by atoms with Gasteiger partial charge >= 0.3 is 0 Å². The lowest BCUT2D eigenvalue weighted by Crippen LogP contribution is -2.35. The molecule has 2 amide bonds. The molecule has 0 aliphatic rings. The molecule has 0 spiro atoms. The zero-order valence-corrected chi connectivity index (χ0v) is 17.5.